The maximum Gasteiger partial charge on any atom is 0.419 e. The number of carbonyl (C=O) groups is 1. The predicted molar refractivity (Wildman–Crippen MR) is 97.2 cm³/mol. The Morgan fingerprint density at radius 3 is 2.61 bits per heavy atom. The third kappa shape index (κ3) is 4.45. The molecule has 5 nitrogen and oxygen atoms in total. The Morgan fingerprint density at radius 1 is 1.25 bits per heavy atom. The van der Waals surface area contributed by atoms with Gasteiger partial charge in [0, 0.05) is 32.0 Å². The van der Waals surface area contributed by atoms with Gasteiger partial charge in [-0.25, -0.2) is 4.39 Å². The molecule has 1 amide bonds. The summed E-state index contributed by atoms with van der Waals surface area (Å²) in [5.41, 5.74) is -0.433. The molecule has 28 heavy (non-hydrogen) atoms. The van der Waals surface area contributed by atoms with Crippen molar-refractivity contribution in [3.8, 4) is 0 Å². The second-order valence-electron chi connectivity index (χ2n) is 7.34. The molecule has 1 aromatic carbocycles. The molecule has 1 aromatic rings. The second kappa shape index (κ2) is 8.46. The predicted octanol–water partition coefficient (Wildman–Crippen LogP) is 2.86. The number of nitrogens with zero attached hydrogens (tertiary/aromatic N) is 2. The van der Waals surface area contributed by atoms with Crippen LogP contribution in [0.25, 0.3) is 0 Å². The Kier molecular flexibility index (Phi) is 6.22. The van der Waals surface area contributed by atoms with E-state index in [1.807, 2.05) is 0 Å². The number of halogens is 4. The highest BCUT2D eigenvalue weighted by Gasteiger charge is 2.39. The molecule has 2 heterocycles. The highest BCUT2D eigenvalue weighted by molar-refractivity contribution is 5.92. The number of rotatable bonds is 3. The van der Waals surface area contributed by atoms with Gasteiger partial charge in [0.25, 0.3) is 0 Å². The molecule has 0 aromatic heterocycles. The third-order valence-electron chi connectivity index (χ3n) is 5.65. The normalized spacial score (nSPS) is 23.2. The maximum atomic E-state index is 13.8. The topological polar surface area (TPSA) is 70.7 Å². The molecule has 3 N–H and O–H groups in total. The average Bonchev–Trinajstić information content (AvgIpc) is 2.67. The van der Waals surface area contributed by atoms with Crippen LogP contribution in [-0.4, -0.2) is 42.7 Å². The molecule has 2 saturated heterocycles. The highest BCUT2D eigenvalue weighted by Crippen LogP contribution is 2.40. The van der Waals surface area contributed by atoms with E-state index >= 15 is 0 Å². The van der Waals surface area contributed by atoms with Crippen LogP contribution in [0.3, 0.4) is 0 Å². The first-order valence-corrected chi connectivity index (χ1v) is 9.42. The summed E-state index contributed by atoms with van der Waals surface area (Å²) < 4.78 is 53.6. The molecule has 2 fully saturated rings. The number of piperidine rings is 2. The van der Waals surface area contributed by atoms with E-state index in [0.717, 1.165) is 24.7 Å². The molecule has 1 unspecified atom stereocenters. The van der Waals surface area contributed by atoms with Gasteiger partial charge in [-0.15, -0.1) is 0 Å². The number of carbonyl (C=O) groups excluding carboxylic acids is 1. The zero-order valence-corrected chi connectivity index (χ0v) is 15.4. The van der Waals surface area contributed by atoms with E-state index in [4.69, 9.17) is 5.84 Å². The van der Waals surface area contributed by atoms with Gasteiger partial charge in [0.15, 0.2) is 0 Å². The minimum atomic E-state index is -4.74. The summed E-state index contributed by atoms with van der Waals surface area (Å²) in [5, 5.41) is 6.92. The third-order valence-corrected chi connectivity index (χ3v) is 5.65. The quantitative estimate of drug-likeness (QED) is 0.466. The van der Waals surface area contributed by atoms with Crippen molar-refractivity contribution >= 4 is 11.6 Å². The van der Waals surface area contributed by atoms with Gasteiger partial charge >= 0.3 is 6.18 Å². The largest absolute Gasteiger partial charge is 0.419 e. The van der Waals surface area contributed by atoms with Crippen molar-refractivity contribution in [2.75, 3.05) is 26.2 Å². The van der Waals surface area contributed by atoms with Gasteiger partial charge in [-0.3, -0.25) is 4.79 Å². The van der Waals surface area contributed by atoms with Crippen LogP contribution in [0.15, 0.2) is 23.3 Å². The molecule has 2 aliphatic heterocycles. The summed E-state index contributed by atoms with van der Waals surface area (Å²) in [6, 6.07) is 3.48. The number of hydrogen-bond donors (Lipinski definition) is 2. The van der Waals surface area contributed by atoms with E-state index < -0.39 is 23.5 Å². The smallest absolute Gasteiger partial charge is 0.343 e. The lowest BCUT2D eigenvalue weighted by Gasteiger charge is -2.34. The molecule has 9 heteroatoms. The lowest BCUT2D eigenvalue weighted by molar-refractivity contribution is -0.141. The van der Waals surface area contributed by atoms with Gasteiger partial charge in [-0.05, 0) is 43.4 Å². The number of nitrogens with one attached hydrogen (secondary N) is 1. The van der Waals surface area contributed by atoms with E-state index in [9.17, 15) is 22.4 Å². The average molecular weight is 400 g/mol. The van der Waals surface area contributed by atoms with Crippen LogP contribution in [0, 0.1) is 11.7 Å². The van der Waals surface area contributed by atoms with Gasteiger partial charge in [0.1, 0.15) is 5.82 Å². The van der Waals surface area contributed by atoms with Crippen LogP contribution in [0.4, 0.5) is 17.6 Å². The Balaban J connectivity index is 1.64. The molecule has 0 bridgehead atoms. The van der Waals surface area contributed by atoms with Crippen LogP contribution in [-0.2, 0) is 11.0 Å². The molecular formula is C19H24F4N4O. The van der Waals surface area contributed by atoms with Gasteiger partial charge < -0.3 is 16.1 Å². The first kappa shape index (κ1) is 20.6. The minimum Gasteiger partial charge on any atom is -0.343 e. The fourth-order valence-corrected chi connectivity index (χ4v) is 4.13. The molecule has 154 valence electrons. The summed E-state index contributed by atoms with van der Waals surface area (Å²) in [5.74, 6) is 3.68. The number of nitrogens with two attached hydrogens (primary N) is 1. The highest BCUT2D eigenvalue weighted by atomic mass is 19.4. The van der Waals surface area contributed by atoms with E-state index in [-0.39, 0.29) is 17.4 Å². The Morgan fingerprint density at radius 2 is 1.96 bits per heavy atom. The van der Waals surface area contributed by atoms with Gasteiger partial charge in [-0.1, -0.05) is 12.1 Å². The van der Waals surface area contributed by atoms with Crippen molar-refractivity contribution < 1.29 is 22.4 Å². The first-order chi connectivity index (χ1) is 13.3. The number of hydrazone groups is 1. The van der Waals surface area contributed by atoms with Crippen molar-refractivity contribution in [1.29, 1.82) is 0 Å². The number of hydrogen-bond acceptors (Lipinski definition) is 4. The first-order valence-electron chi connectivity index (χ1n) is 9.42. The summed E-state index contributed by atoms with van der Waals surface area (Å²) in [4.78, 5) is 14.3. The zero-order chi connectivity index (χ0) is 20.3. The standard InChI is InChI=1S/C19H24F4N4O/c20-15-3-1-2-14(18(15)19(21,22)23)12-5-8-27(9-6-12)17(28)10-13-4-7-25-11-16(13)26-24/h1-3,12-13,25H,4-11,24H2/b26-16+. The Bertz CT molecular complexity index is 742. The molecular weight excluding hydrogens is 376 g/mol. The van der Waals surface area contributed by atoms with Crippen LogP contribution >= 0.6 is 0 Å². The number of benzene rings is 1. The van der Waals surface area contributed by atoms with Gasteiger partial charge in [0.05, 0.1) is 11.3 Å². The summed E-state index contributed by atoms with van der Waals surface area (Å²) >= 11 is 0. The molecule has 0 aliphatic carbocycles. The van der Waals surface area contributed by atoms with Crippen molar-refractivity contribution in [1.82, 2.24) is 10.2 Å². The minimum absolute atomic E-state index is 0.00322. The number of amides is 1. The van der Waals surface area contributed by atoms with Crippen LogP contribution < -0.4 is 11.2 Å². The molecule has 0 spiro atoms. The van der Waals surface area contributed by atoms with Gasteiger partial charge in [-0.2, -0.15) is 18.3 Å². The summed E-state index contributed by atoms with van der Waals surface area (Å²) in [7, 11) is 0. The fourth-order valence-electron chi connectivity index (χ4n) is 4.13. The Labute approximate surface area is 161 Å². The second-order valence-corrected chi connectivity index (χ2v) is 7.34. The molecule has 3 rings (SSSR count). The van der Waals surface area contributed by atoms with Gasteiger partial charge in [0.2, 0.25) is 5.91 Å². The van der Waals surface area contributed by atoms with E-state index in [1.54, 1.807) is 4.90 Å². The lowest BCUT2D eigenvalue weighted by Crippen LogP contribution is -2.43. The lowest BCUT2D eigenvalue weighted by atomic mass is 9.85. The van der Waals surface area contributed by atoms with Crippen molar-refractivity contribution in [3.63, 3.8) is 0 Å². The van der Waals surface area contributed by atoms with E-state index in [1.165, 1.54) is 12.1 Å². The van der Waals surface area contributed by atoms with Crippen LogP contribution in [0.1, 0.15) is 42.7 Å². The molecule has 0 saturated carbocycles. The summed E-state index contributed by atoms with van der Waals surface area (Å²) in [6.45, 7) is 2.07. The van der Waals surface area contributed by atoms with Crippen LogP contribution in [0.5, 0.6) is 0 Å². The fraction of sp³-hybridized carbons (Fsp3) is 0.579. The molecule has 0 radical (unpaired) electrons. The van der Waals surface area contributed by atoms with E-state index in [2.05, 4.69) is 10.4 Å². The number of likely N-dealkylation sites (tertiary alicyclic amines) is 1. The monoisotopic (exact) mass is 400 g/mol. The zero-order valence-electron chi connectivity index (χ0n) is 15.4. The number of alkyl halides is 3. The van der Waals surface area contributed by atoms with Crippen molar-refractivity contribution in [2.45, 2.75) is 37.8 Å². The van der Waals surface area contributed by atoms with Crippen molar-refractivity contribution in [3.05, 3.63) is 35.1 Å². The maximum absolute atomic E-state index is 13.8. The van der Waals surface area contributed by atoms with Crippen LogP contribution in [0.2, 0.25) is 0 Å². The molecule has 1 atom stereocenters. The Hall–Kier alpha value is -2.16. The molecule has 2 aliphatic rings. The SMILES string of the molecule is N/N=C1\CNCCC1CC(=O)N1CCC(c2cccc(F)c2C(F)(F)F)CC1. The van der Waals surface area contributed by atoms with E-state index in [0.29, 0.717) is 38.9 Å². The summed E-state index contributed by atoms with van der Waals surface area (Å²) in [6.07, 6.45) is -2.90. The van der Waals surface area contributed by atoms with Crippen molar-refractivity contribution in [2.24, 2.45) is 16.9 Å².